The van der Waals surface area contributed by atoms with E-state index in [2.05, 4.69) is 42.2 Å². The largest absolute Gasteiger partial charge is 0.467 e. The molecule has 2 amide bonds. The first-order valence-electron chi connectivity index (χ1n) is 11.8. The van der Waals surface area contributed by atoms with Gasteiger partial charge in [-0.2, -0.15) is 0 Å². The monoisotopic (exact) mass is 453 g/mol. The Hall–Kier alpha value is -3.80. The van der Waals surface area contributed by atoms with Crippen LogP contribution in [0, 0.1) is 0 Å². The summed E-state index contributed by atoms with van der Waals surface area (Å²) in [4.78, 5) is 34.4. The molecule has 4 aromatic rings. The van der Waals surface area contributed by atoms with Gasteiger partial charge in [0.2, 0.25) is 5.91 Å². The van der Waals surface area contributed by atoms with Crippen LogP contribution in [-0.4, -0.2) is 39.7 Å². The second-order valence-electron chi connectivity index (χ2n) is 9.42. The number of hydrogen-bond donors (Lipinski definition) is 1. The lowest BCUT2D eigenvalue weighted by Crippen LogP contribution is -2.67. The van der Waals surface area contributed by atoms with Crippen molar-refractivity contribution in [3.8, 4) is 0 Å². The Balaban J connectivity index is 1.52. The highest BCUT2D eigenvalue weighted by Crippen LogP contribution is 2.48. The van der Waals surface area contributed by atoms with Gasteiger partial charge < -0.3 is 19.2 Å². The first-order chi connectivity index (χ1) is 16.5. The number of nitrogens with zero attached hydrogens (tertiary/aromatic N) is 2. The third-order valence-corrected chi connectivity index (χ3v) is 7.53. The molecule has 1 saturated heterocycles. The number of furan rings is 1. The summed E-state index contributed by atoms with van der Waals surface area (Å²) in [6, 6.07) is 20.4. The number of carbonyl (C=O) groups is 2. The highest BCUT2D eigenvalue weighted by atomic mass is 16.3. The van der Waals surface area contributed by atoms with Crippen molar-refractivity contribution in [3.63, 3.8) is 0 Å². The van der Waals surface area contributed by atoms with E-state index >= 15 is 0 Å². The van der Waals surface area contributed by atoms with Crippen LogP contribution >= 0.6 is 0 Å². The maximum Gasteiger partial charge on any atom is 0.255 e. The lowest BCUT2D eigenvalue weighted by molar-refractivity contribution is -0.167. The van der Waals surface area contributed by atoms with E-state index in [0.717, 1.165) is 34.1 Å². The van der Waals surface area contributed by atoms with Crippen LogP contribution in [0.4, 0.5) is 0 Å². The average Bonchev–Trinajstić information content (AvgIpc) is 3.51. The van der Waals surface area contributed by atoms with Gasteiger partial charge in [0.1, 0.15) is 12.3 Å². The minimum absolute atomic E-state index is 0.0153. The minimum atomic E-state index is -1.10. The molecule has 2 aromatic heterocycles. The lowest BCUT2D eigenvalue weighted by Gasteiger charge is -2.51. The topological polar surface area (TPSA) is 69.6 Å². The summed E-state index contributed by atoms with van der Waals surface area (Å²) in [5.74, 6) is 0.516. The molecule has 0 unspecified atom stereocenters. The molecule has 6 heteroatoms. The van der Waals surface area contributed by atoms with E-state index in [1.54, 1.807) is 22.1 Å². The summed E-state index contributed by atoms with van der Waals surface area (Å²) >= 11 is 0. The molecule has 172 valence electrons. The Morgan fingerprint density at radius 3 is 2.59 bits per heavy atom. The molecule has 2 aliphatic heterocycles. The Labute approximate surface area is 198 Å². The van der Waals surface area contributed by atoms with Crippen molar-refractivity contribution >= 4 is 22.7 Å². The van der Waals surface area contributed by atoms with Crippen LogP contribution in [0.3, 0.4) is 0 Å². The summed E-state index contributed by atoms with van der Waals surface area (Å²) in [5, 5.41) is 1.10. The van der Waals surface area contributed by atoms with Crippen molar-refractivity contribution in [2.75, 3.05) is 13.1 Å². The van der Waals surface area contributed by atoms with Crippen molar-refractivity contribution in [2.24, 2.45) is 0 Å². The van der Waals surface area contributed by atoms with Crippen LogP contribution in [0.5, 0.6) is 0 Å². The van der Waals surface area contributed by atoms with E-state index in [9.17, 15) is 9.59 Å². The fraction of sp³-hybridized carbons (Fsp3) is 0.286. The third-order valence-electron chi connectivity index (χ3n) is 7.53. The van der Waals surface area contributed by atoms with Gasteiger partial charge in [-0.25, -0.2) is 0 Å². The molecule has 34 heavy (non-hydrogen) atoms. The molecule has 1 fully saturated rings. The number of aromatic amines is 1. The van der Waals surface area contributed by atoms with Crippen LogP contribution < -0.4 is 0 Å². The standard InChI is InChI=1S/C28H27N3O3/c1-3-18-10-12-19(13-11-18)22-16-31-24(32)17-30(15-20-7-6-14-34-20)27(33)28(31,2)26-25(22)21-8-4-5-9-23(21)29-26/h4-14,22,29H,3,15-17H2,1-2H3/t22-,28+/m1/s1. The van der Waals surface area contributed by atoms with Crippen molar-refractivity contribution < 1.29 is 14.0 Å². The van der Waals surface area contributed by atoms with Gasteiger partial charge >= 0.3 is 0 Å². The summed E-state index contributed by atoms with van der Waals surface area (Å²) in [6.07, 6.45) is 2.57. The molecule has 0 aliphatic carbocycles. The Bertz CT molecular complexity index is 1390. The molecular weight excluding hydrogens is 426 g/mol. The fourth-order valence-corrected chi connectivity index (χ4v) is 5.68. The molecule has 0 bridgehead atoms. The number of amides is 2. The van der Waals surface area contributed by atoms with E-state index in [1.165, 1.54) is 5.56 Å². The van der Waals surface area contributed by atoms with Gasteiger partial charge in [-0.1, -0.05) is 49.4 Å². The maximum absolute atomic E-state index is 14.0. The number of fused-ring (bicyclic) bond motifs is 5. The molecular formula is C28H27N3O3. The zero-order chi connectivity index (χ0) is 23.4. The van der Waals surface area contributed by atoms with E-state index in [-0.39, 0.29) is 30.8 Å². The van der Waals surface area contributed by atoms with Crippen LogP contribution in [0.1, 0.15) is 47.9 Å². The van der Waals surface area contributed by atoms with Crippen molar-refractivity contribution in [1.29, 1.82) is 0 Å². The van der Waals surface area contributed by atoms with E-state index in [1.807, 2.05) is 31.2 Å². The van der Waals surface area contributed by atoms with Gasteiger partial charge in [-0.05, 0) is 48.2 Å². The van der Waals surface area contributed by atoms with E-state index < -0.39 is 5.54 Å². The SMILES string of the molecule is CCc1ccc([C@H]2CN3C(=O)CN(Cc4ccco4)C(=O)[C@]3(C)c3[nH]c4ccccc4c32)cc1. The first kappa shape index (κ1) is 20.8. The third kappa shape index (κ3) is 2.94. The van der Waals surface area contributed by atoms with E-state index in [4.69, 9.17) is 4.42 Å². The highest BCUT2D eigenvalue weighted by Gasteiger charge is 2.56. The second kappa shape index (κ2) is 7.62. The van der Waals surface area contributed by atoms with Crippen LogP contribution in [-0.2, 0) is 28.1 Å². The lowest BCUT2D eigenvalue weighted by atomic mass is 9.76. The van der Waals surface area contributed by atoms with Crippen molar-refractivity contribution in [1.82, 2.24) is 14.8 Å². The van der Waals surface area contributed by atoms with Gasteiger partial charge in [0.15, 0.2) is 5.54 Å². The number of piperazine rings is 1. The maximum atomic E-state index is 14.0. The van der Waals surface area contributed by atoms with Crippen LogP contribution in [0.25, 0.3) is 10.9 Å². The molecule has 4 heterocycles. The fourth-order valence-electron chi connectivity index (χ4n) is 5.68. The second-order valence-corrected chi connectivity index (χ2v) is 9.42. The number of rotatable bonds is 4. The number of H-pyrrole nitrogens is 1. The van der Waals surface area contributed by atoms with Crippen LogP contribution in [0.15, 0.2) is 71.3 Å². The number of hydrogen-bond acceptors (Lipinski definition) is 3. The zero-order valence-corrected chi connectivity index (χ0v) is 19.4. The van der Waals surface area contributed by atoms with Gasteiger partial charge in [-0.15, -0.1) is 0 Å². The zero-order valence-electron chi connectivity index (χ0n) is 19.4. The first-order valence-corrected chi connectivity index (χ1v) is 11.8. The number of para-hydroxylation sites is 1. The van der Waals surface area contributed by atoms with Gasteiger partial charge in [0.05, 0.1) is 18.5 Å². The molecule has 1 N–H and O–H groups in total. The summed E-state index contributed by atoms with van der Waals surface area (Å²) < 4.78 is 5.47. The van der Waals surface area contributed by atoms with Gasteiger partial charge in [0, 0.05) is 23.4 Å². The molecule has 2 aromatic carbocycles. The molecule has 2 aliphatic rings. The quantitative estimate of drug-likeness (QED) is 0.493. The Morgan fingerprint density at radius 2 is 1.85 bits per heavy atom. The normalized spacial score (nSPS) is 22.2. The predicted octanol–water partition coefficient (Wildman–Crippen LogP) is 4.56. The minimum Gasteiger partial charge on any atom is -0.467 e. The van der Waals surface area contributed by atoms with Crippen molar-refractivity contribution in [3.05, 3.63) is 95.1 Å². The number of carbonyl (C=O) groups excluding carboxylic acids is 2. The summed E-state index contributed by atoms with van der Waals surface area (Å²) in [7, 11) is 0. The molecule has 0 radical (unpaired) electrons. The predicted molar refractivity (Wildman–Crippen MR) is 129 cm³/mol. The van der Waals surface area contributed by atoms with Gasteiger partial charge in [-0.3, -0.25) is 9.59 Å². The number of benzene rings is 2. The number of aromatic nitrogens is 1. The molecule has 0 spiro atoms. The number of nitrogens with one attached hydrogen (secondary N) is 1. The Morgan fingerprint density at radius 1 is 1.06 bits per heavy atom. The summed E-state index contributed by atoms with van der Waals surface area (Å²) in [5.41, 5.74) is 4.24. The molecule has 6 rings (SSSR count). The van der Waals surface area contributed by atoms with Crippen molar-refractivity contribution in [2.45, 2.75) is 38.3 Å². The van der Waals surface area contributed by atoms with E-state index in [0.29, 0.717) is 12.3 Å². The number of aryl methyl sites for hydroxylation is 1. The molecule has 2 atom stereocenters. The van der Waals surface area contributed by atoms with Gasteiger partial charge in [0.25, 0.3) is 5.91 Å². The highest BCUT2D eigenvalue weighted by molar-refractivity contribution is 6.01. The molecule has 0 saturated carbocycles. The average molecular weight is 454 g/mol. The molecule has 6 nitrogen and oxygen atoms in total. The van der Waals surface area contributed by atoms with Crippen LogP contribution in [0.2, 0.25) is 0 Å². The summed E-state index contributed by atoms with van der Waals surface area (Å²) in [6.45, 7) is 4.82. The Kier molecular flexibility index (Phi) is 4.66. The smallest absolute Gasteiger partial charge is 0.255 e.